The van der Waals surface area contributed by atoms with Gasteiger partial charge in [0.15, 0.2) is 11.9 Å². The van der Waals surface area contributed by atoms with Crippen LogP contribution < -0.4 is 11.1 Å². The van der Waals surface area contributed by atoms with E-state index in [1.165, 1.54) is 28.3 Å². The van der Waals surface area contributed by atoms with E-state index in [1.54, 1.807) is 26.0 Å². The summed E-state index contributed by atoms with van der Waals surface area (Å²) in [4.78, 5) is 50.3. The zero-order chi connectivity index (χ0) is 31.0. The van der Waals surface area contributed by atoms with Gasteiger partial charge in [-0.05, 0) is 51.0 Å². The molecule has 228 valence electrons. The SMILES string of the molecule is COC1=C2C[C@H](C)C[C@H](OC)[C@H](O)[C@H](C)/C=C(/C)[C@@H](OC(N)=O)[C@@H](OC)CC/C=C(\C)C(=O)NC(=C2O)C(=O)C1=O. The van der Waals surface area contributed by atoms with E-state index in [0.717, 1.165) is 0 Å². The molecule has 0 aromatic heterocycles. The van der Waals surface area contributed by atoms with Gasteiger partial charge in [0, 0.05) is 31.3 Å². The molecule has 12 nitrogen and oxygen atoms in total. The molecule has 6 atom stereocenters. The molecule has 0 aromatic carbocycles. The van der Waals surface area contributed by atoms with Gasteiger partial charge in [-0.1, -0.05) is 26.0 Å². The molecular formula is C29H42N2O10. The van der Waals surface area contributed by atoms with Crippen LogP contribution in [0.2, 0.25) is 0 Å². The lowest BCUT2D eigenvalue weighted by molar-refractivity contribution is -0.135. The largest absolute Gasteiger partial charge is 0.505 e. The second-order valence-corrected chi connectivity index (χ2v) is 10.5. The van der Waals surface area contributed by atoms with Crippen molar-refractivity contribution in [2.24, 2.45) is 17.6 Å². The van der Waals surface area contributed by atoms with Crippen LogP contribution in [-0.4, -0.2) is 79.5 Å². The second-order valence-electron chi connectivity index (χ2n) is 10.5. The summed E-state index contributed by atoms with van der Waals surface area (Å²) in [6.45, 7) is 6.87. The number of hydrogen-bond acceptors (Lipinski definition) is 10. The minimum atomic E-state index is -1.10. The van der Waals surface area contributed by atoms with E-state index in [0.29, 0.717) is 24.8 Å². The highest BCUT2D eigenvalue weighted by molar-refractivity contribution is 6.50. The van der Waals surface area contributed by atoms with E-state index in [-0.39, 0.29) is 29.2 Å². The van der Waals surface area contributed by atoms with Gasteiger partial charge in [-0.2, -0.15) is 0 Å². The number of nitrogens with two attached hydrogens (primary N) is 1. The Hall–Kier alpha value is -3.48. The first-order valence-corrected chi connectivity index (χ1v) is 13.4. The molecule has 2 aliphatic rings. The molecule has 2 rings (SSSR count). The number of Topliss-reactive ketones (excluding diaryl/α,β-unsaturated/α-hetero) is 2. The van der Waals surface area contributed by atoms with Crippen molar-refractivity contribution >= 4 is 23.6 Å². The topological polar surface area (TPSA) is 184 Å². The third-order valence-electron chi connectivity index (χ3n) is 7.41. The highest BCUT2D eigenvalue weighted by Crippen LogP contribution is 2.32. The van der Waals surface area contributed by atoms with Crippen LogP contribution in [0.4, 0.5) is 4.79 Å². The number of carbonyl (C=O) groups is 4. The van der Waals surface area contributed by atoms with Crippen LogP contribution in [0.15, 0.2) is 46.1 Å². The fraction of sp³-hybridized carbons (Fsp3) is 0.586. The van der Waals surface area contributed by atoms with Crippen molar-refractivity contribution in [2.75, 3.05) is 21.3 Å². The smallest absolute Gasteiger partial charge is 0.405 e. The van der Waals surface area contributed by atoms with E-state index in [2.05, 4.69) is 5.32 Å². The molecule has 2 amide bonds. The molecule has 12 heteroatoms. The van der Waals surface area contributed by atoms with Crippen molar-refractivity contribution in [3.8, 4) is 0 Å². The van der Waals surface area contributed by atoms with Gasteiger partial charge in [0.1, 0.15) is 11.5 Å². The third-order valence-corrected chi connectivity index (χ3v) is 7.41. The number of methoxy groups -OCH3 is 3. The van der Waals surface area contributed by atoms with Crippen molar-refractivity contribution in [3.05, 3.63) is 46.1 Å². The van der Waals surface area contributed by atoms with Crippen LogP contribution in [0.3, 0.4) is 0 Å². The standard InChI is InChI=1S/C29H42N2O10/c1-14-11-18-23(33)21(24(34)25(35)27(18)40-7)31-28(36)15(2)9-8-10-19(38-5)26(41-29(30)37)17(4)13-16(3)22(32)20(12-14)39-6/h9,13-14,16,19-20,22,26,32-33H,8,10-12H2,1-7H3,(H2,30,37)(H,31,36)/b15-9+,17-13-/t14-,16+,19-,20-,22+,26+/m0/s1. The number of hydrogen-bond donors (Lipinski definition) is 4. The molecule has 0 aromatic rings. The molecule has 0 radical (unpaired) electrons. The Morgan fingerprint density at radius 1 is 1.05 bits per heavy atom. The summed E-state index contributed by atoms with van der Waals surface area (Å²) in [5, 5.41) is 24.6. The minimum Gasteiger partial charge on any atom is -0.505 e. The van der Waals surface area contributed by atoms with Gasteiger partial charge in [-0.15, -0.1) is 0 Å². The quantitative estimate of drug-likeness (QED) is 0.220. The molecule has 0 spiro atoms. The number of allylic oxidation sites excluding steroid dienone is 4. The number of aliphatic hydroxyl groups excluding tert-OH is 2. The van der Waals surface area contributed by atoms with E-state index in [4.69, 9.17) is 24.7 Å². The number of carbonyl (C=O) groups excluding carboxylic acids is 4. The molecule has 41 heavy (non-hydrogen) atoms. The average Bonchev–Trinajstić information content (AvgIpc) is 2.92. The lowest BCUT2D eigenvalue weighted by Crippen LogP contribution is -2.38. The fourth-order valence-corrected chi connectivity index (χ4v) is 5.14. The molecule has 0 fully saturated rings. The van der Waals surface area contributed by atoms with Crippen LogP contribution in [0.25, 0.3) is 0 Å². The summed E-state index contributed by atoms with van der Waals surface area (Å²) in [6, 6.07) is 0. The Balaban J connectivity index is 2.61. The number of nitrogens with one attached hydrogen (secondary N) is 1. The maximum absolute atomic E-state index is 12.9. The second kappa shape index (κ2) is 14.9. The van der Waals surface area contributed by atoms with Crippen LogP contribution in [0, 0.1) is 11.8 Å². The number of primary amides is 1. The summed E-state index contributed by atoms with van der Waals surface area (Å²) in [7, 11) is 4.13. The Kier molecular flexibility index (Phi) is 12.3. The van der Waals surface area contributed by atoms with Gasteiger partial charge in [0.05, 0.1) is 25.4 Å². The molecule has 0 unspecified atom stereocenters. The van der Waals surface area contributed by atoms with Crippen molar-refractivity contribution < 1.29 is 48.3 Å². The summed E-state index contributed by atoms with van der Waals surface area (Å²) in [5.41, 5.74) is 5.70. The highest BCUT2D eigenvalue weighted by Gasteiger charge is 2.38. The third kappa shape index (κ3) is 8.27. The van der Waals surface area contributed by atoms with Crippen LogP contribution >= 0.6 is 0 Å². The Morgan fingerprint density at radius 3 is 2.24 bits per heavy atom. The lowest BCUT2D eigenvalue weighted by Gasteiger charge is -2.30. The van der Waals surface area contributed by atoms with Crippen molar-refractivity contribution in [1.29, 1.82) is 0 Å². The molecule has 0 saturated heterocycles. The molecule has 2 bridgehead atoms. The molecule has 5 N–H and O–H groups in total. The van der Waals surface area contributed by atoms with Gasteiger partial charge in [-0.25, -0.2) is 4.79 Å². The van der Waals surface area contributed by atoms with Gasteiger partial charge in [-0.3, -0.25) is 14.4 Å². The summed E-state index contributed by atoms with van der Waals surface area (Å²) < 4.78 is 21.8. The number of aliphatic hydroxyl groups is 2. The first-order chi connectivity index (χ1) is 19.3. The normalized spacial score (nSPS) is 32.0. The lowest BCUT2D eigenvalue weighted by atomic mass is 9.85. The zero-order valence-electron chi connectivity index (χ0n) is 24.7. The fourth-order valence-electron chi connectivity index (χ4n) is 5.14. The van der Waals surface area contributed by atoms with Crippen molar-refractivity contribution in [2.45, 2.75) is 77.8 Å². The van der Waals surface area contributed by atoms with Gasteiger partial charge in [0.25, 0.3) is 17.5 Å². The molecular weight excluding hydrogens is 536 g/mol. The monoisotopic (exact) mass is 578 g/mol. The highest BCUT2D eigenvalue weighted by atomic mass is 16.6. The summed E-state index contributed by atoms with van der Waals surface area (Å²) >= 11 is 0. The van der Waals surface area contributed by atoms with Crippen LogP contribution in [-0.2, 0) is 33.3 Å². The Morgan fingerprint density at radius 2 is 1.68 bits per heavy atom. The average molecular weight is 579 g/mol. The maximum atomic E-state index is 12.9. The molecule has 1 heterocycles. The Bertz CT molecular complexity index is 1150. The molecule has 1 aliphatic carbocycles. The van der Waals surface area contributed by atoms with Gasteiger partial charge in [0.2, 0.25) is 0 Å². The Labute approximate surface area is 240 Å². The van der Waals surface area contributed by atoms with Crippen LogP contribution in [0.5, 0.6) is 0 Å². The minimum absolute atomic E-state index is 0.0713. The number of ketones is 2. The maximum Gasteiger partial charge on any atom is 0.405 e. The van der Waals surface area contributed by atoms with Crippen molar-refractivity contribution in [3.63, 3.8) is 0 Å². The number of rotatable bonds is 4. The van der Waals surface area contributed by atoms with Gasteiger partial charge < -0.3 is 40.2 Å². The first-order valence-electron chi connectivity index (χ1n) is 13.4. The summed E-state index contributed by atoms with van der Waals surface area (Å²) in [5.74, 6) is -4.36. The number of ether oxygens (including phenoxy) is 4. The predicted octanol–water partition coefficient (Wildman–Crippen LogP) is 2.52. The zero-order valence-corrected chi connectivity index (χ0v) is 24.7. The number of fused-ring (bicyclic) bond motifs is 1. The van der Waals surface area contributed by atoms with Crippen LogP contribution in [0.1, 0.15) is 53.4 Å². The van der Waals surface area contributed by atoms with Crippen molar-refractivity contribution in [1.82, 2.24) is 5.32 Å². The van der Waals surface area contributed by atoms with E-state index < -0.39 is 65.4 Å². The first kappa shape index (κ1) is 33.7. The predicted molar refractivity (Wildman–Crippen MR) is 148 cm³/mol. The summed E-state index contributed by atoms with van der Waals surface area (Å²) in [6.07, 6.45) is 0.235. The number of amides is 2. The van der Waals surface area contributed by atoms with E-state index in [1.807, 2.05) is 6.92 Å². The van der Waals surface area contributed by atoms with E-state index >= 15 is 0 Å². The molecule has 0 saturated carbocycles. The molecule has 1 aliphatic heterocycles. The van der Waals surface area contributed by atoms with Gasteiger partial charge >= 0.3 is 6.09 Å². The van der Waals surface area contributed by atoms with E-state index in [9.17, 15) is 29.4 Å².